The largest absolute Gasteiger partial charge is 0.350 e. The van der Waals surface area contributed by atoms with E-state index in [0.717, 1.165) is 17.1 Å². The maximum Gasteiger partial charge on any atom is 0.264 e. The number of carbonyl (C=O) groups is 1. The van der Waals surface area contributed by atoms with Crippen LogP contribution >= 0.6 is 11.6 Å². The molecule has 2 rings (SSSR count). The van der Waals surface area contributed by atoms with Crippen molar-refractivity contribution in [2.45, 2.75) is 44.6 Å². The Bertz CT molecular complexity index is 962. The molecule has 1 N–H and O–H groups in total. The molecule has 5 nitrogen and oxygen atoms in total. The maximum atomic E-state index is 13.1. The second kappa shape index (κ2) is 9.59. The summed E-state index contributed by atoms with van der Waals surface area (Å²) in [6.45, 7) is 6.12. The molecule has 0 spiro atoms. The van der Waals surface area contributed by atoms with Crippen LogP contribution in [0.5, 0.6) is 0 Å². The topological polar surface area (TPSA) is 66.5 Å². The Labute approximate surface area is 176 Å². The Balaban J connectivity index is 2.26. The van der Waals surface area contributed by atoms with Gasteiger partial charge in [-0.15, -0.1) is 0 Å². The minimum atomic E-state index is -3.96. The van der Waals surface area contributed by atoms with Crippen LogP contribution in [0.2, 0.25) is 5.02 Å². The quantitative estimate of drug-likeness (QED) is 0.637. The molecule has 0 heterocycles. The van der Waals surface area contributed by atoms with Crippen molar-refractivity contribution in [3.63, 3.8) is 0 Å². The molecule has 0 fully saturated rings. The molecule has 0 aromatic heterocycles. The van der Waals surface area contributed by atoms with Crippen molar-refractivity contribution in [3.05, 3.63) is 58.9 Å². The van der Waals surface area contributed by atoms with Crippen LogP contribution in [0.25, 0.3) is 0 Å². The minimum Gasteiger partial charge on any atom is -0.350 e. The van der Waals surface area contributed by atoms with Gasteiger partial charge in [-0.25, -0.2) is 12.8 Å². The van der Waals surface area contributed by atoms with Gasteiger partial charge in [0, 0.05) is 13.1 Å². The molecule has 2 aromatic carbocycles. The van der Waals surface area contributed by atoms with Gasteiger partial charge in [0.1, 0.15) is 5.82 Å². The Hall–Kier alpha value is -2.12. The van der Waals surface area contributed by atoms with E-state index in [1.165, 1.54) is 49.5 Å². The van der Waals surface area contributed by atoms with Gasteiger partial charge in [0.15, 0.2) is 0 Å². The highest BCUT2D eigenvalue weighted by molar-refractivity contribution is 7.92. The molecule has 0 aliphatic rings. The molecule has 0 radical (unpaired) electrons. The average Bonchev–Trinajstić information content (AvgIpc) is 2.66. The van der Waals surface area contributed by atoms with Gasteiger partial charge in [0.2, 0.25) is 0 Å². The van der Waals surface area contributed by atoms with Gasteiger partial charge in [-0.2, -0.15) is 0 Å². The summed E-state index contributed by atoms with van der Waals surface area (Å²) in [5, 5.41) is 3.03. The third-order valence-corrected chi connectivity index (χ3v) is 6.70. The number of carbonyl (C=O) groups excluding carboxylic acids is 1. The summed E-state index contributed by atoms with van der Waals surface area (Å²) in [4.78, 5) is 12.6. The lowest BCUT2D eigenvalue weighted by Crippen LogP contribution is -2.33. The second-order valence-electron chi connectivity index (χ2n) is 7.44. The summed E-state index contributed by atoms with van der Waals surface area (Å²) in [6, 6.07) is 9.03. The molecule has 0 bridgehead atoms. The molecule has 0 aliphatic carbocycles. The lowest BCUT2D eigenvalue weighted by atomic mass is 10.0. The lowest BCUT2D eigenvalue weighted by molar-refractivity contribution is 0.0937. The standard InChI is InChI=1S/C21H26ClFN2O3S/c1-14(2)5-6-15(3)24-21(26)19-13-18(11-12-20(19)22)29(27,28)25(4)17-9-7-16(23)8-10-17/h7-15H,5-6H2,1-4H3,(H,24,26). The van der Waals surface area contributed by atoms with Crippen LogP contribution in [0.15, 0.2) is 47.4 Å². The molecule has 0 saturated carbocycles. The first kappa shape index (κ1) is 23.2. The van der Waals surface area contributed by atoms with Crippen molar-refractivity contribution in [1.29, 1.82) is 0 Å². The van der Waals surface area contributed by atoms with Crippen LogP contribution in [-0.2, 0) is 10.0 Å². The molecule has 1 unspecified atom stereocenters. The number of benzene rings is 2. The number of nitrogens with one attached hydrogen (secondary N) is 1. The summed E-state index contributed by atoms with van der Waals surface area (Å²) in [7, 11) is -2.59. The average molecular weight is 441 g/mol. The molecule has 2 aromatic rings. The van der Waals surface area contributed by atoms with E-state index in [-0.39, 0.29) is 21.5 Å². The number of rotatable bonds is 8. The molecule has 8 heteroatoms. The monoisotopic (exact) mass is 440 g/mol. The molecule has 29 heavy (non-hydrogen) atoms. The van der Waals surface area contributed by atoms with Crippen LogP contribution in [0.1, 0.15) is 44.0 Å². The Morgan fingerprint density at radius 2 is 1.72 bits per heavy atom. The fourth-order valence-corrected chi connectivity index (χ4v) is 4.17. The van der Waals surface area contributed by atoms with Crippen molar-refractivity contribution in [2.24, 2.45) is 5.92 Å². The number of nitrogens with zero attached hydrogens (tertiary/aromatic N) is 1. The summed E-state index contributed by atoms with van der Waals surface area (Å²) < 4.78 is 40.1. The van der Waals surface area contributed by atoms with Crippen LogP contribution in [0.3, 0.4) is 0 Å². The Morgan fingerprint density at radius 3 is 2.31 bits per heavy atom. The van der Waals surface area contributed by atoms with E-state index in [9.17, 15) is 17.6 Å². The molecular weight excluding hydrogens is 415 g/mol. The van der Waals surface area contributed by atoms with E-state index in [1.54, 1.807) is 0 Å². The highest BCUT2D eigenvalue weighted by Crippen LogP contribution is 2.26. The second-order valence-corrected chi connectivity index (χ2v) is 9.81. The first-order valence-electron chi connectivity index (χ1n) is 9.37. The van der Waals surface area contributed by atoms with Gasteiger partial charge >= 0.3 is 0 Å². The highest BCUT2D eigenvalue weighted by atomic mass is 35.5. The fraction of sp³-hybridized carbons (Fsp3) is 0.381. The zero-order valence-electron chi connectivity index (χ0n) is 16.9. The predicted molar refractivity (Wildman–Crippen MR) is 114 cm³/mol. The molecular formula is C21H26ClFN2O3S. The van der Waals surface area contributed by atoms with Crippen LogP contribution in [0.4, 0.5) is 10.1 Å². The minimum absolute atomic E-state index is 0.0666. The van der Waals surface area contributed by atoms with Crippen LogP contribution in [-0.4, -0.2) is 27.4 Å². The number of hydrogen-bond acceptors (Lipinski definition) is 3. The van der Waals surface area contributed by atoms with E-state index in [1.807, 2.05) is 6.92 Å². The van der Waals surface area contributed by atoms with Gasteiger partial charge in [0.05, 0.1) is 21.2 Å². The lowest BCUT2D eigenvalue weighted by Gasteiger charge is -2.20. The maximum absolute atomic E-state index is 13.1. The summed E-state index contributed by atoms with van der Waals surface area (Å²) in [6.07, 6.45) is 1.78. The normalized spacial score (nSPS) is 12.7. The zero-order chi connectivity index (χ0) is 21.8. The molecule has 0 aliphatic heterocycles. The number of amides is 1. The van der Waals surface area contributed by atoms with Crippen LogP contribution in [0, 0.1) is 11.7 Å². The molecule has 1 amide bonds. The van der Waals surface area contributed by atoms with E-state index >= 15 is 0 Å². The summed E-state index contributed by atoms with van der Waals surface area (Å²) in [5.74, 6) is -0.363. The first-order valence-corrected chi connectivity index (χ1v) is 11.2. The molecule has 158 valence electrons. The Morgan fingerprint density at radius 1 is 1.10 bits per heavy atom. The van der Waals surface area contributed by atoms with Crippen molar-refractivity contribution >= 4 is 33.2 Å². The van der Waals surface area contributed by atoms with Gasteiger partial charge in [-0.1, -0.05) is 25.4 Å². The van der Waals surface area contributed by atoms with E-state index in [2.05, 4.69) is 19.2 Å². The molecule has 1 atom stereocenters. The highest BCUT2D eigenvalue weighted by Gasteiger charge is 2.24. The first-order chi connectivity index (χ1) is 13.5. The van der Waals surface area contributed by atoms with Crippen molar-refractivity contribution < 1.29 is 17.6 Å². The van der Waals surface area contributed by atoms with Gasteiger partial charge in [0.25, 0.3) is 15.9 Å². The van der Waals surface area contributed by atoms with Crippen LogP contribution < -0.4 is 9.62 Å². The van der Waals surface area contributed by atoms with Crippen molar-refractivity contribution in [3.8, 4) is 0 Å². The SMILES string of the molecule is CC(C)CCC(C)NC(=O)c1cc(S(=O)(=O)N(C)c2ccc(F)cc2)ccc1Cl. The van der Waals surface area contributed by atoms with Crippen molar-refractivity contribution in [1.82, 2.24) is 5.32 Å². The summed E-state index contributed by atoms with van der Waals surface area (Å²) in [5.41, 5.74) is 0.395. The van der Waals surface area contributed by atoms with Gasteiger partial charge in [-0.05, 0) is 68.1 Å². The van der Waals surface area contributed by atoms with E-state index < -0.39 is 21.7 Å². The number of halogens is 2. The summed E-state index contributed by atoms with van der Waals surface area (Å²) >= 11 is 6.16. The van der Waals surface area contributed by atoms with E-state index in [4.69, 9.17) is 11.6 Å². The van der Waals surface area contributed by atoms with Crippen molar-refractivity contribution in [2.75, 3.05) is 11.4 Å². The fourth-order valence-electron chi connectivity index (χ4n) is 2.74. The van der Waals surface area contributed by atoms with Gasteiger partial charge < -0.3 is 5.32 Å². The zero-order valence-corrected chi connectivity index (χ0v) is 18.5. The smallest absolute Gasteiger partial charge is 0.264 e. The molecule has 0 saturated heterocycles. The predicted octanol–water partition coefficient (Wildman–Crippen LogP) is 4.86. The Kier molecular flexibility index (Phi) is 7.66. The number of sulfonamides is 1. The number of anilines is 1. The third-order valence-electron chi connectivity index (χ3n) is 4.59. The van der Waals surface area contributed by atoms with Gasteiger partial charge in [-0.3, -0.25) is 9.10 Å². The third kappa shape index (κ3) is 5.93. The van der Waals surface area contributed by atoms with E-state index in [0.29, 0.717) is 11.6 Å². The number of hydrogen-bond donors (Lipinski definition) is 1.